The molecule has 0 saturated carbocycles. The highest BCUT2D eigenvalue weighted by Crippen LogP contribution is 2.31. The van der Waals surface area contributed by atoms with Gasteiger partial charge in [-0.3, -0.25) is 4.90 Å². The van der Waals surface area contributed by atoms with E-state index in [9.17, 15) is 14.7 Å². The Hall–Kier alpha value is -3.03. The molecular formula is C21H26N2O6. The van der Waals surface area contributed by atoms with Crippen molar-refractivity contribution in [2.45, 2.75) is 45.3 Å². The Labute approximate surface area is 169 Å². The topological polar surface area (TPSA) is 98.2 Å². The van der Waals surface area contributed by atoms with Gasteiger partial charge in [-0.1, -0.05) is 13.3 Å². The first-order valence-electron chi connectivity index (χ1n) is 9.71. The highest BCUT2D eigenvalue weighted by molar-refractivity contribution is 5.88. The van der Waals surface area contributed by atoms with E-state index >= 15 is 0 Å². The Kier molecular flexibility index (Phi) is 6.41. The number of unbranched alkanes of at least 4 members (excludes halogenated alkanes) is 1. The van der Waals surface area contributed by atoms with E-state index in [0.29, 0.717) is 5.88 Å². The van der Waals surface area contributed by atoms with E-state index in [0.717, 1.165) is 35.1 Å². The van der Waals surface area contributed by atoms with Gasteiger partial charge in [0.1, 0.15) is 17.9 Å². The Morgan fingerprint density at radius 1 is 1.31 bits per heavy atom. The average Bonchev–Trinajstić information content (AvgIpc) is 3.11. The van der Waals surface area contributed by atoms with Crippen molar-refractivity contribution in [2.75, 3.05) is 20.3 Å². The summed E-state index contributed by atoms with van der Waals surface area (Å²) in [5.41, 5.74) is 0.768. The molecule has 29 heavy (non-hydrogen) atoms. The number of aliphatic carboxylic acids is 1. The van der Waals surface area contributed by atoms with E-state index < -0.39 is 24.2 Å². The van der Waals surface area contributed by atoms with Gasteiger partial charge in [-0.05, 0) is 43.0 Å². The molecular weight excluding hydrogens is 376 g/mol. The van der Waals surface area contributed by atoms with Gasteiger partial charge in [0, 0.05) is 17.5 Å². The van der Waals surface area contributed by atoms with Crippen molar-refractivity contribution in [1.82, 2.24) is 9.88 Å². The molecule has 3 rings (SSSR count). The minimum Gasteiger partial charge on any atom is -0.497 e. The van der Waals surface area contributed by atoms with Gasteiger partial charge in [-0.15, -0.1) is 0 Å². The number of likely N-dealkylation sites (tertiary alicyclic amines) is 1. The van der Waals surface area contributed by atoms with Crippen molar-refractivity contribution in [3.8, 4) is 11.6 Å². The van der Waals surface area contributed by atoms with Crippen LogP contribution in [0.25, 0.3) is 10.8 Å². The summed E-state index contributed by atoms with van der Waals surface area (Å²) in [7, 11) is 1.60. The number of hydrogen-bond acceptors (Lipinski definition) is 6. The molecule has 0 bridgehead atoms. The summed E-state index contributed by atoms with van der Waals surface area (Å²) in [6, 6.07) is 6.51. The van der Waals surface area contributed by atoms with Crippen LogP contribution in [0.1, 0.15) is 31.9 Å². The Bertz CT molecular complexity index is 900. The van der Waals surface area contributed by atoms with Gasteiger partial charge >= 0.3 is 12.1 Å². The molecule has 1 saturated heterocycles. The smallest absolute Gasteiger partial charge is 0.410 e. The molecule has 1 aliphatic heterocycles. The number of carbonyl (C=O) groups is 2. The molecule has 1 aromatic carbocycles. The van der Waals surface area contributed by atoms with Crippen molar-refractivity contribution in [3.05, 3.63) is 30.0 Å². The minimum atomic E-state index is -1.07. The second-order valence-corrected chi connectivity index (χ2v) is 7.11. The molecule has 1 fully saturated rings. The SMILES string of the molecule is CCCCOC(=O)N1C[C@H](Oc2nc(C)cc3cc(OC)ccc23)CC1C(=O)O. The van der Waals surface area contributed by atoms with Gasteiger partial charge < -0.3 is 19.3 Å². The Morgan fingerprint density at radius 3 is 2.79 bits per heavy atom. The Morgan fingerprint density at radius 2 is 2.10 bits per heavy atom. The van der Waals surface area contributed by atoms with E-state index in [4.69, 9.17) is 14.2 Å². The predicted molar refractivity (Wildman–Crippen MR) is 106 cm³/mol. The lowest BCUT2D eigenvalue weighted by Gasteiger charge is -2.20. The van der Waals surface area contributed by atoms with Crippen LogP contribution in [0.3, 0.4) is 0 Å². The van der Waals surface area contributed by atoms with Crippen LogP contribution < -0.4 is 9.47 Å². The van der Waals surface area contributed by atoms with Crippen LogP contribution in [0.4, 0.5) is 4.79 Å². The normalized spacial score (nSPS) is 18.7. The molecule has 1 N–H and O–H groups in total. The average molecular weight is 402 g/mol. The number of methoxy groups -OCH3 is 1. The summed E-state index contributed by atoms with van der Waals surface area (Å²) < 4.78 is 16.5. The first-order valence-corrected chi connectivity index (χ1v) is 9.71. The first kappa shape index (κ1) is 20.7. The first-order chi connectivity index (χ1) is 13.9. The van der Waals surface area contributed by atoms with Crippen molar-refractivity contribution < 1.29 is 28.9 Å². The molecule has 1 amide bonds. The fraction of sp³-hybridized carbons (Fsp3) is 0.476. The maximum absolute atomic E-state index is 12.3. The summed E-state index contributed by atoms with van der Waals surface area (Å²) in [6.45, 7) is 4.26. The van der Waals surface area contributed by atoms with E-state index in [2.05, 4.69) is 4.98 Å². The number of aromatic nitrogens is 1. The van der Waals surface area contributed by atoms with Crippen LogP contribution in [0.5, 0.6) is 11.6 Å². The highest BCUT2D eigenvalue weighted by atomic mass is 16.6. The van der Waals surface area contributed by atoms with Gasteiger partial charge in [-0.25, -0.2) is 14.6 Å². The van der Waals surface area contributed by atoms with E-state index in [1.165, 1.54) is 4.90 Å². The monoisotopic (exact) mass is 402 g/mol. The third-order valence-electron chi connectivity index (χ3n) is 4.92. The standard InChI is InChI=1S/C21H26N2O6/c1-4-5-8-28-21(26)23-12-16(11-18(23)20(24)25)29-19-17-7-6-15(27-3)10-14(17)9-13(2)22-19/h6-7,9-10,16,18H,4-5,8,11-12H2,1-3H3,(H,24,25)/t16-,18?/m1/s1. The van der Waals surface area contributed by atoms with Crippen LogP contribution in [-0.2, 0) is 9.53 Å². The quantitative estimate of drug-likeness (QED) is 0.709. The number of carboxylic acids is 1. The summed E-state index contributed by atoms with van der Waals surface area (Å²) in [5.74, 6) is 0.0650. The van der Waals surface area contributed by atoms with Crippen molar-refractivity contribution in [2.24, 2.45) is 0 Å². The molecule has 0 radical (unpaired) electrons. The number of fused-ring (bicyclic) bond motifs is 1. The van der Waals surface area contributed by atoms with Crippen molar-refractivity contribution in [3.63, 3.8) is 0 Å². The van der Waals surface area contributed by atoms with Crippen molar-refractivity contribution >= 4 is 22.8 Å². The maximum Gasteiger partial charge on any atom is 0.410 e. The molecule has 1 aromatic heterocycles. The fourth-order valence-electron chi connectivity index (χ4n) is 3.41. The molecule has 156 valence electrons. The van der Waals surface area contributed by atoms with Crippen molar-refractivity contribution in [1.29, 1.82) is 0 Å². The summed E-state index contributed by atoms with van der Waals surface area (Å²) in [6.07, 6.45) is 0.682. The van der Waals surface area contributed by atoms with Crippen LogP contribution in [0.2, 0.25) is 0 Å². The third-order valence-corrected chi connectivity index (χ3v) is 4.92. The van der Waals surface area contributed by atoms with Gasteiger partial charge in [-0.2, -0.15) is 0 Å². The lowest BCUT2D eigenvalue weighted by Crippen LogP contribution is -2.41. The maximum atomic E-state index is 12.3. The number of ether oxygens (including phenoxy) is 3. The van der Waals surface area contributed by atoms with E-state index in [-0.39, 0.29) is 19.6 Å². The predicted octanol–water partition coefficient (Wildman–Crippen LogP) is 3.39. The fourth-order valence-corrected chi connectivity index (χ4v) is 3.41. The third kappa shape index (κ3) is 4.70. The summed E-state index contributed by atoms with van der Waals surface area (Å²) in [5, 5.41) is 11.2. The molecule has 1 unspecified atom stereocenters. The number of nitrogens with zero attached hydrogens (tertiary/aromatic N) is 2. The van der Waals surface area contributed by atoms with Crippen LogP contribution in [0.15, 0.2) is 24.3 Å². The van der Waals surface area contributed by atoms with E-state index in [1.54, 1.807) is 7.11 Å². The molecule has 0 spiro atoms. The number of aryl methyl sites for hydroxylation is 1. The molecule has 8 nitrogen and oxygen atoms in total. The number of benzene rings is 1. The summed E-state index contributed by atoms with van der Waals surface area (Å²) >= 11 is 0. The van der Waals surface area contributed by atoms with E-state index in [1.807, 2.05) is 38.1 Å². The van der Waals surface area contributed by atoms with Gasteiger partial charge in [0.2, 0.25) is 5.88 Å². The largest absolute Gasteiger partial charge is 0.497 e. The Balaban J connectivity index is 1.79. The minimum absolute atomic E-state index is 0.134. The van der Waals surface area contributed by atoms with Gasteiger partial charge in [0.15, 0.2) is 0 Å². The van der Waals surface area contributed by atoms with Crippen LogP contribution in [-0.4, -0.2) is 59.5 Å². The lowest BCUT2D eigenvalue weighted by molar-refractivity contribution is -0.141. The lowest BCUT2D eigenvalue weighted by atomic mass is 10.1. The number of carbonyl (C=O) groups excluding carboxylic acids is 1. The molecule has 2 heterocycles. The highest BCUT2D eigenvalue weighted by Gasteiger charge is 2.42. The zero-order chi connectivity index (χ0) is 21.0. The molecule has 8 heteroatoms. The number of hydrogen-bond donors (Lipinski definition) is 1. The van der Waals surface area contributed by atoms with Crippen LogP contribution >= 0.6 is 0 Å². The summed E-state index contributed by atoms with van der Waals surface area (Å²) in [4.78, 5) is 29.7. The van der Waals surface area contributed by atoms with Crippen LogP contribution in [0, 0.1) is 6.92 Å². The molecule has 1 aliphatic rings. The zero-order valence-electron chi connectivity index (χ0n) is 16.9. The van der Waals surface area contributed by atoms with Gasteiger partial charge in [0.05, 0.1) is 20.3 Å². The van der Waals surface area contributed by atoms with Gasteiger partial charge in [0.25, 0.3) is 0 Å². The second-order valence-electron chi connectivity index (χ2n) is 7.11. The molecule has 2 atom stereocenters. The molecule has 2 aromatic rings. The number of rotatable bonds is 7. The second kappa shape index (κ2) is 8.98. The molecule has 0 aliphatic carbocycles. The number of carboxylic acid groups (broad SMARTS) is 1. The zero-order valence-corrected chi connectivity index (χ0v) is 16.9. The number of amides is 1. The number of pyridine rings is 1.